The van der Waals surface area contributed by atoms with E-state index in [1.807, 2.05) is 11.8 Å². The summed E-state index contributed by atoms with van der Waals surface area (Å²) in [6.45, 7) is 10.9. The van der Waals surface area contributed by atoms with Crippen LogP contribution in [0.3, 0.4) is 0 Å². The number of carbonyl (C=O) groups is 1. The molecule has 1 fully saturated rings. The molecule has 20 heavy (non-hydrogen) atoms. The topological polar surface area (TPSA) is 58.8 Å². The Hall–Kier alpha value is -0.0700. The number of rotatable bonds is 6. The number of carbonyl (C=O) groups excluding carboxylic acids is 1. The minimum atomic E-state index is -0.391. The highest BCUT2D eigenvalue weighted by Crippen LogP contribution is 2.13. The summed E-state index contributed by atoms with van der Waals surface area (Å²) in [5.74, 6) is 0.0675. The summed E-state index contributed by atoms with van der Waals surface area (Å²) >= 11 is 0. The molecule has 1 aliphatic rings. The van der Waals surface area contributed by atoms with E-state index in [1.54, 1.807) is 6.92 Å². The van der Waals surface area contributed by atoms with Crippen LogP contribution in [0.4, 0.5) is 0 Å². The van der Waals surface area contributed by atoms with Gasteiger partial charge in [-0.05, 0) is 20.3 Å². The maximum atomic E-state index is 11.9. The van der Waals surface area contributed by atoms with E-state index in [0.29, 0.717) is 6.04 Å². The van der Waals surface area contributed by atoms with Crippen LogP contribution in [-0.4, -0.2) is 67.2 Å². The molecule has 1 unspecified atom stereocenters. The van der Waals surface area contributed by atoms with Crippen molar-refractivity contribution in [3.8, 4) is 0 Å². The van der Waals surface area contributed by atoms with E-state index in [1.165, 1.54) is 0 Å². The molecule has 7 heteroatoms. The van der Waals surface area contributed by atoms with Crippen molar-refractivity contribution < 1.29 is 9.53 Å². The van der Waals surface area contributed by atoms with E-state index in [-0.39, 0.29) is 30.7 Å². The molecule has 122 valence electrons. The van der Waals surface area contributed by atoms with Gasteiger partial charge >= 0.3 is 0 Å². The Labute approximate surface area is 135 Å². The van der Waals surface area contributed by atoms with Gasteiger partial charge in [-0.2, -0.15) is 0 Å². The fourth-order valence-electron chi connectivity index (χ4n) is 2.39. The minimum Gasteiger partial charge on any atom is -0.380 e. The van der Waals surface area contributed by atoms with Crippen molar-refractivity contribution in [2.45, 2.75) is 39.3 Å². The molecule has 1 heterocycles. The van der Waals surface area contributed by atoms with Gasteiger partial charge in [0.1, 0.15) is 0 Å². The van der Waals surface area contributed by atoms with Crippen molar-refractivity contribution >= 4 is 30.7 Å². The number of halogens is 2. The molecule has 0 saturated carbocycles. The van der Waals surface area contributed by atoms with Gasteiger partial charge in [0.15, 0.2) is 0 Å². The Kier molecular flexibility index (Phi) is 12.9. The molecule has 0 spiro atoms. The molecule has 1 saturated heterocycles. The third-order valence-corrected chi connectivity index (χ3v) is 3.50. The average Bonchev–Trinajstić information content (AvgIpc) is 2.38. The fraction of sp³-hybridized carbons (Fsp3) is 0.923. The summed E-state index contributed by atoms with van der Waals surface area (Å²) in [6, 6.07) is 0.0411. The largest absolute Gasteiger partial charge is 0.380 e. The second kappa shape index (κ2) is 11.6. The van der Waals surface area contributed by atoms with Gasteiger partial charge in [-0.15, -0.1) is 24.8 Å². The van der Waals surface area contributed by atoms with Crippen LogP contribution in [0.1, 0.15) is 27.2 Å². The molecular weight excluding hydrogens is 301 g/mol. The average molecular weight is 330 g/mol. The number of hydrogen-bond acceptors (Lipinski definition) is 4. The van der Waals surface area contributed by atoms with E-state index < -0.39 is 6.04 Å². The summed E-state index contributed by atoms with van der Waals surface area (Å²) in [7, 11) is 0. The van der Waals surface area contributed by atoms with Gasteiger partial charge in [-0.1, -0.05) is 6.92 Å². The number of nitrogens with two attached hydrogens (primary N) is 1. The standard InChI is InChI=1S/C13H27N3O2.2ClH/c1-4-12-10-16(13(17)11(3)14)7-6-15(12)8-9-18-5-2;;/h11-12H,4-10,14H2,1-3H3;2*1H/t11-,12?;;/m1../s1. The van der Waals surface area contributed by atoms with Crippen molar-refractivity contribution in [2.75, 3.05) is 39.4 Å². The second-order valence-corrected chi connectivity index (χ2v) is 4.87. The van der Waals surface area contributed by atoms with E-state index in [0.717, 1.165) is 45.8 Å². The lowest BCUT2D eigenvalue weighted by Crippen LogP contribution is -2.57. The lowest BCUT2D eigenvalue weighted by molar-refractivity contribution is -0.135. The van der Waals surface area contributed by atoms with E-state index in [2.05, 4.69) is 11.8 Å². The SMILES string of the molecule is CCOCCN1CCN(C(=O)[C@@H](C)N)CC1CC.Cl.Cl. The van der Waals surface area contributed by atoms with Crippen LogP contribution in [0.15, 0.2) is 0 Å². The molecule has 0 aromatic rings. The predicted molar refractivity (Wildman–Crippen MR) is 86.9 cm³/mol. The van der Waals surface area contributed by atoms with Crippen molar-refractivity contribution in [3.63, 3.8) is 0 Å². The highest BCUT2D eigenvalue weighted by Gasteiger charge is 2.29. The van der Waals surface area contributed by atoms with Gasteiger partial charge in [0.2, 0.25) is 5.91 Å². The smallest absolute Gasteiger partial charge is 0.239 e. The first kappa shape index (κ1) is 22.2. The first-order chi connectivity index (χ1) is 8.60. The molecule has 0 aromatic heterocycles. The van der Waals surface area contributed by atoms with Gasteiger partial charge in [0.05, 0.1) is 12.6 Å². The molecular formula is C13H29Cl2N3O2. The van der Waals surface area contributed by atoms with Crippen LogP contribution in [0, 0.1) is 0 Å². The van der Waals surface area contributed by atoms with E-state index in [9.17, 15) is 4.79 Å². The van der Waals surface area contributed by atoms with Crippen molar-refractivity contribution in [1.29, 1.82) is 0 Å². The van der Waals surface area contributed by atoms with Crippen LogP contribution < -0.4 is 5.73 Å². The molecule has 2 N–H and O–H groups in total. The zero-order chi connectivity index (χ0) is 13.5. The molecule has 2 atom stereocenters. The molecule has 0 aliphatic carbocycles. The third-order valence-electron chi connectivity index (χ3n) is 3.50. The molecule has 0 radical (unpaired) electrons. The predicted octanol–water partition coefficient (Wildman–Crippen LogP) is 1.14. The van der Waals surface area contributed by atoms with Crippen molar-refractivity contribution in [3.05, 3.63) is 0 Å². The maximum absolute atomic E-state index is 11.9. The lowest BCUT2D eigenvalue weighted by atomic mass is 10.1. The molecule has 1 amide bonds. The molecule has 1 rings (SSSR count). The Morgan fingerprint density at radius 3 is 2.50 bits per heavy atom. The quantitative estimate of drug-likeness (QED) is 0.742. The molecule has 1 aliphatic heterocycles. The number of nitrogens with zero attached hydrogens (tertiary/aromatic N) is 2. The van der Waals surface area contributed by atoms with Crippen LogP contribution in [0.2, 0.25) is 0 Å². The first-order valence-electron chi connectivity index (χ1n) is 6.96. The van der Waals surface area contributed by atoms with Crippen LogP contribution in [0.5, 0.6) is 0 Å². The monoisotopic (exact) mass is 329 g/mol. The Balaban J connectivity index is 0. The maximum Gasteiger partial charge on any atom is 0.239 e. The highest BCUT2D eigenvalue weighted by atomic mass is 35.5. The number of ether oxygens (including phenoxy) is 1. The van der Waals surface area contributed by atoms with Crippen LogP contribution >= 0.6 is 24.8 Å². The van der Waals surface area contributed by atoms with Gasteiger partial charge in [0.25, 0.3) is 0 Å². The van der Waals surface area contributed by atoms with E-state index >= 15 is 0 Å². The third kappa shape index (κ3) is 6.59. The van der Waals surface area contributed by atoms with Gasteiger partial charge in [-0.3, -0.25) is 9.69 Å². The highest BCUT2D eigenvalue weighted by molar-refractivity contribution is 5.85. The summed E-state index contributed by atoms with van der Waals surface area (Å²) in [5, 5.41) is 0. The zero-order valence-electron chi connectivity index (χ0n) is 12.7. The Morgan fingerprint density at radius 2 is 2.00 bits per heavy atom. The number of hydrogen-bond donors (Lipinski definition) is 1. The van der Waals surface area contributed by atoms with Crippen LogP contribution in [-0.2, 0) is 9.53 Å². The van der Waals surface area contributed by atoms with Crippen molar-refractivity contribution in [2.24, 2.45) is 5.73 Å². The zero-order valence-corrected chi connectivity index (χ0v) is 14.3. The Morgan fingerprint density at radius 1 is 1.35 bits per heavy atom. The molecule has 5 nitrogen and oxygen atoms in total. The van der Waals surface area contributed by atoms with Crippen LogP contribution in [0.25, 0.3) is 0 Å². The van der Waals surface area contributed by atoms with Gasteiger partial charge in [0, 0.05) is 38.8 Å². The number of amides is 1. The van der Waals surface area contributed by atoms with Gasteiger partial charge < -0.3 is 15.4 Å². The van der Waals surface area contributed by atoms with E-state index in [4.69, 9.17) is 10.5 Å². The summed E-state index contributed by atoms with van der Waals surface area (Å²) < 4.78 is 5.40. The lowest BCUT2D eigenvalue weighted by Gasteiger charge is -2.41. The second-order valence-electron chi connectivity index (χ2n) is 4.87. The normalized spacial score (nSPS) is 20.8. The van der Waals surface area contributed by atoms with Crippen molar-refractivity contribution in [1.82, 2.24) is 9.80 Å². The summed E-state index contributed by atoms with van der Waals surface area (Å²) in [5.41, 5.74) is 5.66. The molecule has 0 bridgehead atoms. The van der Waals surface area contributed by atoms with Gasteiger partial charge in [-0.25, -0.2) is 0 Å². The Bertz CT molecular complexity index is 268. The number of piperazine rings is 1. The minimum absolute atomic E-state index is 0. The molecule has 0 aromatic carbocycles. The first-order valence-corrected chi connectivity index (χ1v) is 6.96. The summed E-state index contributed by atoms with van der Waals surface area (Å²) in [4.78, 5) is 16.2. The fourth-order valence-corrected chi connectivity index (χ4v) is 2.39. The summed E-state index contributed by atoms with van der Waals surface area (Å²) in [6.07, 6.45) is 1.05.